The zero-order chi connectivity index (χ0) is 28.5. The highest BCUT2D eigenvalue weighted by Crippen LogP contribution is 2.57. The molecule has 0 aromatic heterocycles. The Morgan fingerprint density at radius 3 is 1.38 bits per heavy atom. The Kier molecular flexibility index (Phi) is 6.12. The second-order valence-electron chi connectivity index (χ2n) is 10.4. The van der Waals surface area contributed by atoms with Gasteiger partial charge in [-0.15, -0.1) is 0 Å². The van der Waals surface area contributed by atoms with Gasteiger partial charge in [0.25, 0.3) is 0 Å². The van der Waals surface area contributed by atoms with Crippen molar-refractivity contribution in [2.24, 2.45) is 0 Å². The summed E-state index contributed by atoms with van der Waals surface area (Å²) in [6.45, 7) is 14.9. The molecule has 196 valence electrons. The van der Waals surface area contributed by atoms with Crippen molar-refractivity contribution in [2.45, 2.75) is 5.41 Å². The van der Waals surface area contributed by atoms with Gasteiger partial charge in [0, 0.05) is 5.69 Å². The lowest BCUT2D eigenvalue weighted by atomic mass is 9.62. The molecule has 1 aliphatic rings. The van der Waals surface area contributed by atoms with Crippen LogP contribution in [-0.2, 0) is 5.41 Å². The molecule has 1 aliphatic heterocycles. The molecule has 6 aromatic carbocycles. The monoisotopic (exact) mass is 535 g/mol. The van der Waals surface area contributed by atoms with Crippen LogP contribution in [0.2, 0.25) is 0 Å². The summed E-state index contributed by atoms with van der Waals surface area (Å²) in [5.74, 6) is 0. The molecule has 0 saturated carbocycles. The molecule has 42 heavy (non-hydrogen) atoms. The largest absolute Gasteiger partial charge is 0.310 e. The van der Waals surface area contributed by atoms with Crippen molar-refractivity contribution in [3.05, 3.63) is 197 Å². The molecule has 0 amide bonds. The van der Waals surface area contributed by atoms with E-state index in [9.17, 15) is 0 Å². The van der Waals surface area contributed by atoms with Crippen molar-refractivity contribution in [3.8, 4) is 11.1 Å². The molecule has 0 fully saturated rings. The van der Waals surface area contributed by atoms with Crippen LogP contribution in [0, 0.1) is 13.1 Å². The van der Waals surface area contributed by atoms with E-state index in [1.165, 1.54) is 22.3 Å². The van der Waals surface area contributed by atoms with Gasteiger partial charge in [0.1, 0.15) is 0 Å². The van der Waals surface area contributed by atoms with Crippen molar-refractivity contribution < 1.29 is 0 Å². The van der Waals surface area contributed by atoms with Gasteiger partial charge in [-0.05, 0) is 57.6 Å². The lowest BCUT2D eigenvalue weighted by Gasteiger charge is -2.46. The first-order chi connectivity index (χ1) is 20.7. The van der Waals surface area contributed by atoms with Crippen LogP contribution in [0.4, 0.5) is 28.4 Å². The minimum absolute atomic E-state index is 0.472. The predicted octanol–water partition coefficient (Wildman–Crippen LogP) is 10.6. The van der Waals surface area contributed by atoms with Gasteiger partial charge in [-0.25, -0.2) is 9.69 Å². The highest BCUT2D eigenvalue weighted by Gasteiger charge is 2.46. The maximum atomic E-state index is 7.45. The van der Waals surface area contributed by atoms with E-state index in [1.54, 1.807) is 6.07 Å². The Bertz CT molecular complexity index is 1880. The van der Waals surface area contributed by atoms with E-state index >= 15 is 0 Å². The normalized spacial score (nSPS) is 12.9. The second kappa shape index (κ2) is 10.3. The predicted molar refractivity (Wildman–Crippen MR) is 171 cm³/mol. The Morgan fingerprint density at radius 1 is 0.452 bits per heavy atom. The maximum Gasteiger partial charge on any atom is 0.177 e. The zero-order valence-corrected chi connectivity index (χ0v) is 22.8. The first kappa shape index (κ1) is 25.1. The standard InChI is InChI=1S/C39H25N3/c1-40-32-25-29(26-33(27-32)41-2)28-21-23-34(24-22-28)42-37-19-11-9-17-35(37)39(30-13-5-3-6-14-30,31-15-7-4-8-16-31)36-18-10-12-20-38(36)42/h3-27H. The molecule has 7 rings (SSSR count). The van der Waals surface area contributed by atoms with E-state index < -0.39 is 5.41 Å². The third kappa shape index (κ3) is 3.88. The molecule has 0 atom stereocenters. The van der Waals surface area contributed by atoms with Crippen LogP contribution in [0.5, 0.6) is 0 Å². The summed E-state index contributed by atoms with van der Waals surface area (Å²) in [5, 5.41) is 0. The molecule has 0 aliphatic carbocycles. The second-order valence-corrected chi connectivity index (χ2v) is 10.4. The van der Waals surface area contributed by atoms with Crippen molar-refractivity contribution in [2.75, 3.05) is 4.90 Å². The van der Waals surface area contributed by atoms with E-state index in [1.807, 2.05) is 12.1 Å². The van der Waals surface area contributed by atoms with Gasteiger partial charge < -0.3 is 4.90 Å². The number of nitrogens with zero attached hydrogens (tertiary/aromatic N) is 3. The zero-order valence-electron chi connectivity index (χ0n) is 22.8. The van der Waals surface area contributed by atoms with Crippen LogP contribution < -0.4 is 4.90 Å². The molecule has 3 nitrogen and oxygen atoms in total. The van der Waals surface area contributed by atoms with Gasteiger partial charge in [0.2, 0.25) is 0 Å². The van der Waals surface area contributed by atoms with Crippen LogP contribution in [-0.4, -0.2) is 0 Å². The minimum Gasteiger partial charge on any atom is -0.310 e. The molecule has 0 bridgehead atoms. The first-order valence-corrected chi connectivity index (χ1v) is 13.8. The van der Waals surface area contributed by atoms with Gasteiger partial charge in [-0.2, -0.15) is 0 Å². The maximum absolute atomic E-state index is 7.45. The van der Waals surface area contributed by atoms with Crippen molar-refractivity contribution in [1.29, 1.82) is 0 Å². The lowest BCUT2D eigenvalue weighted by molar-refractivity contribution is 0.731. The fourth-order valence-electron chi connectivity index (χ4n) is 6.38. The topological polar surface area (TPSA) is 12.0 Å². The molecule has 0 saturated heterocycles. The Balaban J connectivity index is 1.45. The van der Waals surface area contributed by atoms with Gasteiger partial charge in [-0.3, -0.25) is 0 Å². The number of hydrogen-bond acceptors (Lipinski definition) is 1. The molecular formula is C39H25N3. The van der Waals surface area contributed by atoms with Crippen LogP contribution in [0.25, 0.3) is 20.8 Å². The number of benzene rings is 6. The van der Waals surface area contributed by atoms with E-state index in [0.29, 0.717) is 11.4 Å². The third-order valence-corrected chi connectivity index (χ3v) is 8.13. The average Bonchev–Trinajstić information content (AvgIpc) is 3.08. The van der Waals surface area contributed by atoms with Crippen LogP contribution in [0.1, 0.15) is 22.3 Å². The van der Waals surface area contributed by atoms with Crippen LogP contribution in [0.3, 0.4) is 0 Å². The summed E-state index contributed by atoms with van der Waals surface area (Å²) < 4.78 is 0. The molecule has 0 spiro atoms. The molecule has 0 radical (unpaired) electrons. The third-order valence-electron chi connectivity index (χ3n) is 8.13. The summed E-state index contributed by atoms with van der Waals surface area (Å²) in [6, 6.07) is 52.7. The van der Waals surface area contributed by atoms with Crippen LogP contribution in [0.15, 0.2) is 152 Å². The molecule has 3 heteroatoms. The number of rotatable bonds is 4. The summed E-state index contributed by atoms with van der Waals surface area (Å²) >= 11 is 0. The number of fused-ring (bicyclic) bond motifs is 2. The number of anilines is 3. The molecule has 6 aromatic rings. The Hall–Kier alpha value is -5.90. The van der Waals surface area contributed by atoms with E-state index in [4.69, 9.17) is 13.1 Å². The highest BCUT2D eigenvalue weighted by atomic mass is 15.2. The lowest BCUT2D eigenvalue weighted by Crippen LogP contribution is -2.37. The smallest absolute Gasteiger partial charge is 0.177 e. The highest BCUT2D eigenvalue weighted by molar-refractivity contribution is 5.90. The van der Waals surface area contributed by atoms with Crippen molar-refractivity contribution in [1.82, 2.24) is 0 Å². The average molecular weight is 536 g/mol. The summed E-state index contributed by atoms with van der Waals surface area (Å²) in [4.78, 5) is 9.48. The van der Waals surface area contributed by atoms with Gasteiger partial charge in [0.15, 0.2) is 11.4 Å². The van der Waals surface area contributed by atoms with Gasteiger partial charge >= 0.3 is 0 Å². The number of hydrogen-bond donors (Lipinski definition) is 0. The van der Waals surface area contributed by atoms with E-state index in [2.05, 4.69) is 148 Å². The summed E-state index contributed by atoms with van der Waals surface area (Å²) in [5.41, 5.74) is 10.5. The Labute approximate surface area is 246 Å². The molecule has 1 heterocycles. The fourth-order valence-corrected chi connectivity index (χ4v) is 6.38. The fraction of sp³-hybridized carbons (Fsp3) is 0.0256. The Morgan fingerprint density at radius 2 is 0.905 bits per heavy atom. The minimum atomic E-state index is -0.498. The number of para-hydroxylation sites is 2. The van der Waals surface area contributed by atoms with Crippen LogP contribution >= 0.6 is 0 Å². The quantitative estimate of drug-likeness (QED) is 0.204. The van der Waals surface area contributed by atoms with E-state index in [-0.39, 0.29) is 0 Å². The molecule has 0 N–H and O–H groups in total. The van der Waals surface area contributed by atoms with E-state index in [0.717, 1.165) is 28.2 Å². The molecule has 0 unspecified atom stereocenters. The SMILES string of the molecule is [C-]#[N+]c1cc([N+]#[C-])cc(-c2ccc(N3c4ccccc4C(c4ccccc4)(c4ccccc4)c4ccccc43)cc2)c1. The summed E-state index contributed by atoms with van der Waals surface area (Å²) in [7, 11) is 0. The van der Waals surface area contributed by atoms with Gasteiger partial charge in [-0.1, -0.05) is 127 Å². The summed E-state index contributed by atoms with van der Waals surface area (Å²) in [6.07, 6.45) is 0. The van der Waals surface area contributed by atoms with Crippen molar-refractivity contribution >= 4 is 28.4 Å². The van der Waals surface area contributed by atoms with Gasteiger partial charge in [0.05, 0.1) is 29.9 Å². The molecular weight excluding hydrogens is 510 g/mol. The van der Waals surface area contributed by atoms with Crippen molar-refractivity contribution in [3.63, 3.8) is 0 Å². The first-order valence-electron chi connectivity index (χ1n) is 13.8.